The van der Waals surface area contributed by atoms with Gasteiger partial charge >= 0.3 is 5.69 Å². The standard InChI is InChI=1S/C21H23N3O5/c25-20(14-29-19-13-7-6-12-18(19)24(27)28)23-17-11-5-4-10-16(17)21(26)22-15-8-2-1-3-9-15/h4-7,10-13,15H,1-3,8-9,14H2,(H,22,26)(H,23,25). The summed E-state index contributed by atoms with van der Waals surface area (Å²) in [5.74, 6) is -0.732. The molecule has 0 atom stereocenters. The second-order valence-corrected chi connectivity index (χ2v) is 6.92. The van der Waals surface area contributed by atoms with Gasteiger partial charge in [0.15, 0.2) is 12.4 Å². The van der Waals surface area contributed by atoms with Crippen molar-refractivity contribution in [3.63, 3.8) is 0 Å². The minimum absolute atomic E-state index is 0.0102. The predicted molar refractivity (Wildman–Crippen MR) is 108 cm³/mol. The van der Waals surface area contributed by atoms with Gasteiger partial charge in [0.2, 0.25) is 0 Å². The first kappa shape index (κ1) is 20.3. The number of benzene rings is 2. The molecule has 1 aliphatic rings. The van der Waals surface area contributed by atoms with Crippen LogP contribution in [0.4, 0.5) is 11.4 Å². The minimum atomic E-state index is -0.571. The third-order valence-corrected chi connectivity index (χ3v) is 4.81. The van der Waals surface area contributed by atoms with Crippen molar-refractivity contribution in [3.8, 4) is 5.75 Å². The molecular weight excluding hydrogens is 374 g/mol. The Morgan fingerprint density at radius 2 is 1.72 bits per heavy atom. The predicted octanol–water partition coefficient (Wildman–Crippen LogP) is 3.67. The Morgan fingerprint density at radius 3 is 2.48 bits per heavy atom. The number of nitrogens with one attached hydrogen (secondary N) is 2. The molecule has 0 aliphatic heterocycles. The van der Waals surface area contributed by atoms with Crippen molar-refractivity contribution in [2.24, 2.45) is 0 Å². The molecule has 1 saturated carbocycles. The van der Waals surface area contributed by atoms with Crippen molar-refractivity contribution in [2.45, 2.75) is 38.1 Å². The Morgan fingerprint density at radius 1 is 1.03 bits per heavy atom. The van der Waals surface area contributed by atoms with Crippen LogP contribution < -0.4 is 15.4 Å². The van der Waals surface area contributed by atoms with E-state index in [1.165, 1.54) is 24.6 Å². The normalized spacial score (nSPS) is 14.1. The van der Waals surface area contributed by atoms with E-state index < -0.39 is 17.4 Å². The zero-order chi connectivity index (χ0) is 20.6. The summed E-state index contributed by atoms with van der Waals surface area (Å²) in [5.41, 5.74) is 0.529. The number of nitrogens with zero attached hydrogens (tertiary/aromatic N) is 1. The van der Waals surface area contributed by atoms with Gasteiger partial charge in [0, 0.05) is 12.1 Å². The molecule has 152 valence electrons. The van der Waals surface area contributed by atoms with Crippen molar-refractivity contribution < 1.29 is 19.2 Å². The number of anilines is 1. The lowest BCUT2D eigenvalue weighted by atomic mass is 9.95. The molecule has 8 nitrogen and oxygen atoms in total. The summed E-state index contributed by atoms with van der Waals surface area (Å²) in [6.45, 7) is -0.413. The fourth-order valence-corrected chi connectivity index (χ4v) is 3.36. The number of carbonyl (C=O) groups excluding carboxylic acids is 2. The fourth-order valence-electron chi connectivity index (χ4n) is 3.36. The first-order valence-electron chi connectivity index (χ1n) is 9.60. The maximum atomic E-state index is 12.6. The molecule has 29 heavy (non-hydrogen) atoms. The molecule has 2 aromatic rings. The van der Waals surface area contributed by atoms with Crippen molar-refractivity contribution in [2.75, 3.05) is 11.9 Å². The average Bonchev–Trinajstić information content (AvgIpc) is 2.73. The maximum absolute atomic E-state index is 12.6. The Hall–Kier alpha value is -3.42. The van der Waals surface area contributed by atoms with E-state index in [9.17, 15) is 19.7 Å². The summed E-state index contributed by atoms with van der Waals surface area (Å²) < 4.78 is 5.30. The summed E-state index contributed by atoms with van der Waals surface area (Å²) >= 11 is 0. The monoisotopic (exact) mass is 397 g/mol. The molecule has 0 aromatic heterocycles. The number of carbonyl (C=O) groups is 2. The Bertz CT molecular complexity index is 893. The van der Waals surface area contributed by atoms with Crippen LogP contribution in [-0.2, 0) is 4.79 Å². The van der Waals surface area contributed by atoms with Crippen LogP contribution >= 0.6 is 0 Å². The van der Waals surface area contributed by atoms with Gasteiger partial charge in [-0.1, -0.05) is 43.5 Å². The number of hydrogen-bond acceptors (Lipinski definition) is 5. The van der Waals surface area contributed by atoms with E-state index in [-0.39, 0.29) is 23.4 Å². The van der Waals surface area contributed by atoms with E-state index >= 15 is 0 Å². The number of nitro benzene ring substituents is 1. The molecule has 0 spiro atoms. The van der Waals surface area contributed by atoms with Gasteiger partial charge in [-0.25, -0.2) is 0 Å². The van der Waals surface area contributed by atoms with Crippen molar-refractivity contribution in [3.05, 3.63) is 64.2 Å². The van der Waals surface area contributed by atoms with Crippen LogP contribution in [0, 0.1) is 10.1 Å². The van der Waals surface area contributed by atoms with Gasteiger partial charge in [-0.2, -0.15) is 0 Å². The Labute approximate surface area is 168 Å². The lowest BCUT2D eigenvalue weighted by Crippen LogP contribution is -2.36. The molecular formula is C21H23N3O5. The maximum Gasteiger partial charge on any atom is 0.310 e. The van der Waals surface area contributed by atoms with Crippen LogP contribution in [0.5, 0.6) is 5.75 Å². The van der Waals surface area contributed by atoms with Gasteiger partial charge in [0.1, 0.15) is 0 Å². The quantitative estimate of drug-likeness (QED) is 0.547. The molecule has 0 radical (unpaired) electrons. The summed E-state index contributed by atoms with van der Waals surface area (Å²) in [7, 11) is 0. The molecule has 8 heteroatoms. The lowest BCUT2D eigenvalue weighted by molar-refractivity contribution is -0.385. The summed E-state index contributed by atoms with van der Waals surface area (Å²) in [4.78, 5) is 35.4. The first-order valence-corrected chi connectivity index (χ1v) is 9.60. The zero-order valence-corrected chi connectivity index (χ0v) is 15.9. The van der Waals surface area contributed by atoms with Gasteiger partial charge in [-0.15, -0.1) is 0 Å². The van der Waals surface area contributed by atoms with Crippen molar-refractivity contribution in [1.82, 2.24) is 5.32 Å². The highest BCUT2D eigenvalue weighted by Crippen LogP contribution is 2.26. The number of hydrogen-bond donors (Lipinski definition) is 2. The van der Waals surface area contributed by atoms with Gasteiger partial charge < -0.3 is 15.4 Å². The van der Waals surface area contributed by atoms with Gasteiger partial charge in [-0.05, 0) is 31.0 Å². The van der Waals surface area contributed by atoms with Crippen LogP contribution in [0.25, 0.3) is 0 Å². The summed E-state index contributed by atoms with van der Waals surface area (Å²) in [6, 6.07) is 12.7. The summed E-state index contributed by atoms with van der Waals surface area (Å²) in [5, 5.41) is 16.7. The third-order valence-electron chi connectivity index (χ3n) is 4.81. The molecule has 0 unspecified atom stereocenters. The molecule has 2 amide bonds. The van der Waals surface area contributed by atoms with Crippen LogP contribution in [-0.4, -0.2) is 29.4 Å². The molecule has 2 aromatic carbocycles. The van der Waals surface area contributed by atoms with Crippen molar-refractivity contribution >= 4 is 23.2 Å². The van der Waals surface area contributed by atoms with Gasteiger partial charge in [0.25, 0.3) is 11.8 Å². The minimum Gasteiger partial charge on any atom is -0.477 e. The molecule has 0 heterocycles. The largest absolute Gasteiger partial charge is 0.477 e. The Balaban J connectivity index is 1.62. The highest BCUT2D eigenvalue weighted by atomic mass is 16.6. The van der Waals surface area contributed by atoms with E-state index in [1.807, 2.05) is 0 Å². The Kier molecular flexibility index (Phi) is 6.78. The SMILES string of the molecule is O=C(COc1ccccc1[N+](=O)[O-])Nc1ccccc1C(=O)NC1CCCCC1. The second kappa shape index (κ2) is 9.68. The topological polar surface area (TPSA) is 111 Å². The highest BCUT2D eigenvalue weighted by Gasteiger charge is 2.20. The molecule has 0 bridgehead atoms. The van der Waals surface area contributed by atoms with E-state index in [1.54, 1.807) is 30.3 Å². The second-order valence-electron chi connectivity index (χ2n) is 6.92. The van der Waals surface area contributed by atoms with E-state index in [0.29, 0.717) is 11.3 Å². The van der Waals surface area contributed by atoms with Crippen LogP contribution in [0.15, 0.2) is 48.5 Å². The number of para-hydroxylation sites is 3. The highest BCUT2D eigenvalue weighted by molar-refractivity contribution is 6.04. The zero-order valence-electron chi connectivity index (χ0n) is 15.9. The number of amides is 2. The van der Waals surface area contributed by atoms with Crippen LogP contribution in [0.1, 0.15) is 42.5 Å². The lowest BCUT2D eigenvalue weighted by Gasteiger charge is -2.23. The van der Waals surface area contributed by atoms with Crippen LogP contribution in [0.3, 0.4) is 0 Å². The van der Waals surface area contributed by atoms with Gasteiger partial charge in [-0.3, -0.25) is 19.7 Å². The first-order chi connectivity index (χ1) is 14.0. The molecule has 3 rings (SSSR count). The van der Waals surface area contributed by atoms with E-state index in [4.69, 9.17) is 4.74 Å². The van der Waals surface area contributed by atoms with E-state index in [0.717, 1.165) is 25.7 Å². The number of ether oxygens (including phenoxy) is 1. The fraction of sp³-hybridized carbons (Fsp3) is 0.333. The molecule has 0 saturated heterocycles. The van der Waals surface area contributed by atoms with Gasteiger partial charge in [0.05, 0.1) is 16.2 Å². The molecule has 1 aliphatic carbocycles. The smallest absolute Gasteiger partial charge is 0.310 e. The van der Waals surface area contributed by atoms with Crippen LogP contribution in [0.2, 0.25) is 0 Å². The molecule has 2 N–H and O–H groups in total. The summed E-state index contributed by atoms with van der Waals surface area (Å²) in [6.07, 6.45) is 5.32. The third kappa shape index (κ3) is 5.54. The van der Waals surface area contributed by atoms with Crippen molar-refractivity contribution in [1.29, 1.82) is 0 Å². The van der Waals surface area contributed by atoms with E-state index in [2.05, 4.69) is 10.6 Å². The molecule has 1 fully saturated rings. The number of nitro groups is 1. The average molecular weight is 397 g/mol. The number of rotatable bonds is 7.